The molecule has 0 amide bonds. The topological polar surface area (TPSA) is 29.0 Å². The van der Waals surface area contributed by atoms with E-state index in [1.54, 1.807) is 0 Å². The van der Waals surface area contributed by atoms with Crippen LogP contribution < -0.4 is 0 Å². The van der Waals surface area contributed by atoms with Crippen molar-refractivity contribution in [2.24, 2.45) is 0 Å². The molecule has 0 atom stereocenters. The summed E-state index contributed by atoms with van der Waals surface area (Å²) in [4.78, 5) is 11.8. The molecule has 1 aromatic rings. The van der Waals surface area contributed by atoms with Crippen LogP contribution in [0.1, 0.15) is 102 Å². The highest BCUT2D eigenvalue weighted by Crippen LogP contribution is 2.31. The molecule has 3 rings (SSSR count). The van der Waals surface area contributed by atoms with E-state index >= 15 is 0 Å². The molecule has 0 spiro atoms. The van der Waals surface area contributed by atoms with E-state index in [9.17, 15) is 0 Å². The summed E-state index contributed by atoms with van der Waals surface area (Å²) in [5.74, 6) is 2.07. The van der Waals surface area contributed by atoms with Crippen LogP contribution in [0.4, 0.5) is 0 Å². The second kappa shape index (κ2) is 10.1. The van der Waals surface area contributed by atoms with Crippen molar-refractivity contribution in [3.05, 3.63) is 23.8 Å². The third kappa shape index (κ3) is 5.54. The Morgan fingerprint density at radius 3 is 2.00 bits per heavy atom. The predicted octanol–water partition coefficient (Wildman–Crippen LogP) is 5.53. The first-order chi connectivity index (χ1) is 11.7. The average Bonchev–Trinajstić information content (AvgIpc) is 2.63. The molecule has 1 aliphatic carbocycles. The molecule has 0 radical (unpaired) electrons. The fourth-order valence-electron chi connectivity index (χ4n) is 3.90. The molecule has 0 aromatic carbocycles. The number of piperidine rings is 1. The van der Waals surface area contributed by atoms with Crippen molar-refractivity contribution in [2.45, 2.75) is 96.9 Å². The summed E-state index contributed by atoms with van der Waals surface area (Å²) < 4.78 is 0. The zero-order chi connectivity index (χ0) is 17.4. The second-order valence-electron chi connectivity index (χ2n) is 7.84. The smallest absolute Gasteiger partial charge is 0.130 e. The van der Waals surface area contributed by atoms with Gasteiger partial charge in [0.25, 0.3) is 0 Å². The van der Waals surface area contributed by atoms with Gasteiger partial charge < -0.3 is 4.90 Å². The van der Waals surface area contributed by atoms with E-state index in [-0.39, 0.29) is 0 Å². The van der Waals surface area contributed by atoms with Crippen LogP contribution in [0, 0.1) is 0 Å². The Balaban J connectivity index is 0.000000647. The van der Waals surface area contributed by atoms with Crippen LogP contribution >= 0.6 is 0 Å². The van der Waals surface area contributed by atoms with Crippen molar-refractivity contribution in [1.82, 2.24) is 14.9 Å². The number of hydrogen-bond donors (Lipinski definition) is 0. The van der Waals surface area contributed by atoms with E-state index in [1.165, 1.54) is 70.0 Å². The predicted molar refractivity (Wildman–Crippen MR) is 103 cm³/mol. The van der Waals surface area contributed by atoms with Crippen molar-refractivity contribution in [3.8, 4) is 0 Å². The van der Waals surface area contributed by atoms with Crippen LogP contribution in [0.2, 0.25) is 0 Å². The molecule has 0 bridgehead atoms. The first-order valence-corrected chi connectivity index (χ1v) is 10.2. The Morgan fingerprint density at radius 1 is 0.958 bits per heavy atom. The van der Waals surface area contributed by atoms with Crippen molar-refractivity contribution in [2.75, 3.05) is 13.1 Å². The van der Waals surface area contributed by atoms with Gasteiger partial charge in [0.1, 0.15) is 5.82 Å². The molecule has 24 heavy (non-hydrogen) atoms. The lowest BCUT2D eigenvalue weighted by Crippen LogP contribution is -2.41. The Morgan fingerprint density at radius 2 is 1.50 bits per heavy atom. The largest absolute Gasteiger partial charge is 0.300 e. The van der Waals surface area contributed by atoms with Gasteiger partial charge >= 0.3 is 0 Å². The molecular formula is C21H37N3. The first kappa shape index (κ1) is 19.4. The summed E-state index contributed by atoms with van der Waals surface area (Å²) in [5, 5.41) is 0. The second-order valence-corrected chi connectivity index (χ2v) is 7.84. The number of rotatable bonds is 3. The Kier molecular flexibility index (Phi) is 8.17. The number of hydrogen-bond acceptors (Lipinski definition) is 3. The Hall–Kier alpha value is -0.960. The normalized spacial score (nSPS) is 20.7. The van der Waals surface area contributed by atoms with Gasteiger partial charge in [-0.25, -0.2) is 9.97 Å². The van der Waals surface area contributed by atoms with E-state index < -0.39 is 0 Å². The number of aromatic nitrogens is 2. The standard InChI is InChI=1S/C18H29N3.C3H8/c1-14(2)18-19-12-16(13-20-18)15-8-10-21(11-9-15)17-6-4-3-5-7-17;1-3-2/h12-15,17H,3-11H2,1-2H3;3H2,1-2H3. The Bertz CT molecular complexity index is 441. The van der Waals surface area contributed by atoms with Crippen LogP contribution in [-0.2, 0) is 0 Å². The molecule has 1 saturated heterocycles. The van der Waals surface area contributed by atoms with Gasteiger partial charge in [0, 0.05) is 24.4 Å². The summed E-state index contributed by atoms with van der Waals surface area (Å²) >= 11 is 0. The third-order valence-electron chi connectivity index (χ3n) is 5.30. The van der Waals surface area contributed by atoms with E-state index in [2.05, 4.69) is 55.0 Å². The lowest BCUT2D eigenvalue weighted by atomic mass is 9.88. The highest BCUT2D eigenvalue weighted by atomic mass is 15.2. The summed E-state index contributed by atoms with van der Waals surface area (Å²) in [6, 6.07) is 0.874. The minimum absolute atomic E-state index is 0.423. The maximum atomic E-state index is 4.54. The van der Waals surface area contributed by atoms with Gasteiger partial charge in [-0.15, -0.1) is 0 Å². The summed E-state index contributed by atoms with van der Waals surface area (Å²) in [6.45, 7) is 11.1. The molecule has 136 valence electrons. The highest BCUT2D eigenvalue weighted by molar-refractivity contribution is 5.13. The van der Waals surface area contributed by atoms with Crippen LogP contribution in [0.15, 0.2) is 12.4 Å². The van der Waals surface area contributed by atoms with E-state index in [1.807, 2.05) is 0 Å². The fraction of sp³-hybridized carbons (Fsp3) is 0.810. The molecule has 3 nitrogen and oxygen atoms in total. The zero-order valence-electron chi connectivity index (χ0n) is 16.3. The lowest BCUT2D eigenvalue weighted by molar-refractivity contribution is 0.122. The molecule has 2 heterocycles. The zero-order valence-corrected chi connectivity index (χ0v) is 16.3. The van der Waals surface area contributed by atoms with Crippen LogP contribution in [0.5, 0.6) is 0 Å². The molecule has 2 fully saturated rings. The molecule has 2 aliphatic rings. The first-order valence-electron chi connectivity index (χ1n) is 10.2. The van der Waals surface area contributed by atoms with Crippen molar-refractivity contribution >= 4 is 0 Å². The maximum absolute atomic E-state index is 4.54. The van der Waals surface area contributed by atoms with Crippen molar-refractivity contribution in [1.29, 1.82) is 0 Å². The average molecular weight is 332 g/mol. The van der Waals surface area contributed by atoms with Crippen molar-refractivity contribution in [3.63, 3.8) is 0 Å². The lowest BCUT2D eigenvalue weighted by Gasteiger charge is -2.39. The number of nitrogens with zero attached hydrogens (tertiary/aromatic N) is 3. The summed E-state index contributed by atoms with van der Waals surface area (Å²) in [5.41, 5.74) is 1.35. The molecule has 0 N–H and O–H groups in total. The van der Waals surface area contributed by atoms with E-state index in [4.69, 9.17) is 0 Å². The number of likely N-dealkylation sites (tertiary alicyclic amines) is 1. The SMILES string of the molecule is CC(C)c1ncc(C2CCN(C3CCCCC3)CC2)cn1.CCC. The fourth-order valence-corrected chi connectivity index (χ4v) is 3.90. The van der Waals surface area contributed by atoms with E-state index in [0.29, 0.717) is 11.8 Å². The van der Waals surface area contributed by atoms with Crippen LogP contribution in [0.3, 0.4) is 0 Å². The molecule has 1 aliphatic heterocycles. The summed E-state index contributed by atoms with van der Waals surface area (Å²) in [7, 11) is 0. The van der Waals surface area contributed by atoms with Crippen LogP contribution in [0.25, 0.3) is 0 Å². The van der Waals surface area contributed by atoms with Gasteiger partial charge in [0.15, 0.2) is 0 Å². The van der Waals surface area contributed by atoms with Gasteiger partial charge in [-0.1, -0.05) is 53.4 Å². The van der Waals surface area contributed by atoms with Crippen LogP contribution in [-0.4, -0.2) is 34.0 Å². The van der Waals surface area contributed by atoms with Crippen molar-refractivity contribution < 1.29 is 0 Å². The maximum Gasteiger partial charge on any atom is 0.130 e. The molecule has 1 aromatic heterocycles. The minimum atomic E-state index is 0.423. The monoisotopic (exact) mass is 331 g/mol. The minimum Gasteiger partial charge on any atom is -0.300 e. The Labute approximate surface area is 149 Å². The molecular weight excluding hydrogens is 294 g/mol. The molecule has 1 saturated carbocycles. The highest BCUT2D eigenvalue weighted by Gasteiger charge is 2.27. The summed E-state index contributed by atoms with van der Waals surface area (Å²) in [6.07, 6.45) is 15.1. The van der Waals surface area contributed by atoms with Gasteiger partial charge in [0.05, 0.1) is 0 Å². The van der Waals surface area contributed by atoms with Gasteiger partial charge in [-0.2, -0.15) is 0 Å². The van der Waals surface area contributed by atoms with Gasteiger partial charge in [0.2, 0.25) is 0 Å². The van der Waals surface area contributed by atoms with Gasteiger partial charge in [-0.3, -0.25) is 0 Å². The molecule has 0 unspecified atom stereocenters. The van der Waals surface area contributed by atoms with Gasteiger partial charge in [-0.05, 0) is 50.3 Å². The molecule has 3 heteroatoms. The third-order valence-corrected chi connectivity index (χ3v) is 5.30. The quantitative estimate of drug-likeness (QED) is 0.729. The van der Waals surface area contributed by atoms with E-state index in [0.717, 1.165) is 11.9 Å².